The number of ether oxygens (including phenoxy) is 1. The molecule has 0 saturated heterocycles. The lowest BCUT2D eigenvalue weighted by molar-refractivity contribution is 0.0501. The summed E-state index contributed by atoms with van der Waals surface area (Å²) in [4.78, 5) is 50.1. The van der Waals surface area contributed by atoms with Crippen LogP contribution in [-0.2, 0) is 4.74 Å². The molecule has 6 heteroatoms. The van der Waals surface area contributed by atoms with E-state index in [2.05, 4.69) is 0 Å². The van der Waals surface area contributed by atoms with E-state index < -0.39 is 0 Å². The highest BCUT2D eigenvalue weighted by Crippen LogP contribution is 2.23. The highest BCUT2D eigenvalue weighted by molar-refractivity contribution is 6.21. The third-order valence-electron chi connectivity index (χ3n) is 5.43. The number of Topliss-reactive ketones (excluding diaryl/α,β-unsaturated/α-hetero) is 2. The van der Waals surface area contributed by atoms with Crippen molar-refractivity contribution in [3.05, 3.63) is 70.8 Å². The van der Waals surface area contributed by atoms with Crippen LogP contribution in [0, 0.1) is 0 Å². The number of hydrogen-bond donors (Lipinski definition) is 0. The molecule has 1 unspecified atom stereocenters. The molecule has 0 radical (unpaired) electrons. The van der Waals surface area contributed by atoms with E-state index in [-0.39, 0.29) is 29.5 Å². The van der Waals surface area contributed by atoms with E-state index in [1.54, 1.807) is 48.5 Å². The second-order valence-electron chi connectivity index (χ2n) is 7.76. The van der Waals surface area contributed by atoms with Gasteiger partial charge in [0.2, 0.25) is 0 Å². The van der Waals surface area contributed by atoms with Crippen molar-refractivity contribution in [2.45, 2.75) is 45.6 Å². The van der Waals surface area contributed by atoms with Gasteiger partial charge in [-0.3, -0.25) is 24.1 Å². The van der Waals surface area contributed by atoms with Gasteiger partial charge in [0.05, 0.1) is 17.2 Å². The van der Waals surface area contributed by atoms with Crippen molar-refractivity contribution in [3.63, 3.8) is 0 Å². The molecule has 3 rings (SSSR count). The maximum Gasteiger partial charge on any atom is 0.261 e. The van der Waals surface area contributed by atoms with Gasteiger partial charge in [0.25, 0.3) is 11.8 Å². The molecule has 0 N–H and O–H groups in total. The molecule has 0 aliphatic carbocycles. The lowest BCUT2D eigenvalue weighted by Crippen LogP contribution is -2.31. The molecule has 6 nitrogen and oxygen atoms in total. The lowest BCUT2D eigenvalue weighted by Gasteiger charge is -2.16. The van der Waals surface area contributed by atoms with E-state index >= 15 is 0 Å². The molecule has 2 amide bonds. The lowest BCUT2D eigenvalue weighted by atomic mass is 9.98. The average Bonchev–Trinajstić information content (AvgIpc) is 3.01. The number of rotatable bonds is 11. The molecular weight excluding hydrogens is 394 g/mol. The van der Waals surface area contributed by atoms with Crippen LogP contribution < -0.4 is 0 Å². The summed E-state index contributed by atoms with van der Waals surface area (Å²) in [5, 5.41) is 0. The average molecular weight is 421 g/mol. The van der Waals surface area contributed by atoms with E-state index in [9.17, 15) is 19.2 Å². The number of carbonyl (C=O) groups is 4. The number of amides is 2. The van der Waals surface area contributed by atoms with Gasteiger partial charge in [0.15, 0.2) is 11.6 Å². The Balaban J connectivity index is 1.37. The highest BCUT2D eigenvalue weighted by atomic mass is 16.5. The van der Waals surface area contributed by atoms with Gasteiger partial charge in [-0.2, -0.15) is 0 Å². The summed E-state index contributed by atoms with van der Waals surface area (Å²) in [5.74, 6) is -0.656. The van der Waals surface area contributed by atoms with Gasteiger partial charge >= 0.3 is 0 Å². The Hall–Kier alpha value is -3.12. The van der Waals surface area contributed by atoms with Crippen molar-refractivity contribution >= 4 is 23.4 Å². The molecule has 1 atom stereocenters. The Kier molecular flexibility index (Phi) is 7.47. The summed E-state index contributed by atoms with van der Waals surface area (Å²) in [6, 6.07) is 13.7. The quantitative estimate of drug-likeness (QED) is 0.306. The summed E-state index contributed by atoms with van der Waals surface area (Å²) >= 11 is 0. The Morgan fingerprint density at radius 3 is 2.10 bits per heavy atom. The van der Waals surface area contributed by atoms with Crippen LogP contribution >= 0.6 is 0 Å². The summed E-state index contributed by atoms with van der Waals surface area (Å²) in [6.07, 6.45) is 2.18. The van der Waals surface area contributed by atoms with Gasteiger partial charge in [0, 0.05) is 30.7 Å². The minimum Gasteiger partial charge on any atom is -0.378 e. The summed E-state index contributed by atoms with van der Waals surface area (Å²) < 4.78 is 5.78. The van der Waals surface area contributed by atoms with Crippen molar-refractivity contribution in [1.29, 1.82) is 0 Å². The zero-order chi connectivity index (χ0) is 22.4. The summed E-state index contributed by atoms with van der Waals surface area (Å²) in [6.45, 7) is 4.19. The third-order valence-corrected chi connectivity index (χ3v) is 5.43. The first-order chi connectivity index (χ1) is 14.9. The standard InChI is InChI=1S/C25H27NO5/c1-17(9-7-15-26-24(29)21-12-5-6-13-22(21)25(26)30)31-16-8-14-23(28)20-11-4-3-10-19(20)18(2)27/h3-6,10-13,17H,7-9,14-16H2,1-2H3. The van der Waals surface area contributed by atoms with Crippen LogP contribution in [0.15, 0.2) is 48.5 Å². The molecule has 0 fully saturated rings. The smallest absolute Gasteiger partial charge is 0.261 e. The van der Waals surface area contributed by atoms with Crippen LogP contribution in [0.1, 0.15) is 81.0 Å². The first-order valence-corrected chi connectivity index (χ1v) is 10.6. The Labute approximate surface area is 182 Å². The van der Waals surface area contributed by atoms with Crippen LogP contribution in [0.5, 0.6) is 0 Å². The molecule has 0 bridgehead atoms. The van der Waals surface area contributed by atoms with Crippen molar-refractivity contribution in [1.82, 2.24) is 4.90 Å². The minimum absolute atomic E-state index is 0.0465. The number of carbonyl (C=O) groups excluding carboxylic acids is 4. The van der Waals surface area contributed by atoms with Gasteiger partial charge in [0.1, 0.15) is 0 Å². The fourth-order valence-electron chi connectivity index (χ4n) is 3.75. The van der Waals surface area contributed by atoms with Gasteiger partial charge in [-0.15, -0.1) is 0 Å². The van der Waals surface area contributed by atoms with Crippen LogP contribution in [-0.4, -0.2) is 47.5 Å². The fraction of sp³-hybridized carbons (Fsp3) is 0.360. The Morgan fingerprint density at radius 2 is 1.48 bits per heavy atom. The Bertz CT molecular complexity index is 962. The number of imide groups is 1. The van der Waals surface area contributed by atoms with Gasteiger partial charge in [-0.1, -0.05) is 36.4 Å². The molecule has 1 aliphatic rings. The predicted octanol–water partition coefficient (Wildman–Crippen LogP) is 4.33. The molecule has 162 valence electrons. The van der Waals surface area contributed by atoms with Crippen molar-refractivity contribution < 1.29 is 23.9 Å². The molecule has 31 heavy (non-hydrogen) atoms. The number of nitrogens with zero attached hydrogens (tertiary/aromatic N) is 1. The SMILES string of the molecule is CC(=O)c1ccccc1C(=O)CCCOC(C)CCCN1C(=O)c2ccccc2C1=O. The van der Waals surface area contributed by atoms with E-state index in [1.165, 1.54) is 11.8 Å². The highest BCUT2D eigenvalue weighted by Gasteiger charge is 2.34. The molecule has 0 aromatic heterocycles. The first kappa shape index (κ1) is 22.6. The monoisotopic (exact) mass is 421 g/mol. The number of hydrogen-bond acceptors (Lipinski definition) is 5. The van der Waals surface area contributed by atoms with Crippen molar-refractivity contribution in [2.75, 3.05) is 13.2 Å². The largest absolute Gasteiger partial charge is 0.378 e. The zero-order valence-electron chi connectivity index (χ0n) is 17.9. The van der Waals surface area contributed by atoms with Gasteiger partial charge in [-0.05, 0) is 45.2 Å². The zero-order valence-corrected chi connectivity index (χ0v) is 17.9. The number of benzene rings is 2. The first-order valence-electron chi connectivity index (χ1n) is 10.6. The second kappa shape index (κ2) is 10.3. The van der Waals surface area contributed by atoms with Gasteiger partial charge in [-0.25, -0.2) is 0 Å². The molecule has 1 heterocycles. The van der Waals surface area contributed by atoms with Gasteiger partial charge < -0.3 is 4.74 Å². The molecule has 1 aliphatic heterocycles. The molecular formula is C25H27NO5. The van der Waals surface area contributed by atoms with E-state index in [1.807, 2.05) is 6.92 Å². The molecule has 2 aromatic carbocycles. The second-order valence-corrected chi connectivity index (χ2v) is 7.76. The van der Waals surface area contributed by atoms with E-state index in [0.717, 1.165) is 0 Å². The summed E-state index contributed by atoms with van der Waals surface area (Å²) in [7, 11) is 0. The normalized spacial score (nSPS) is 13.9. The van der Waals surface area contributed by atoms with Crippen molar-refractivity contribution in [3.8, 4) is 0 Å². The van der Waals surface area contributed by atoms with Crippen LogP contribution in [0.4, 0.5) is 0 Å². The number of ketones is 2. The predicted molar refractivity (Wildman–Crippen MR) is 116 cm³/mol. The molecule has 0 spiro atoms. The molecule has 2 aromatic rings. The minimum atomic E-state index is -0.237. The van der Waals surface area contributed by atoms with E-state index in [4.69, 9.17) is 4.74 Å². The topological polar surface area (TPSA) is 80.8 Å². The maximum atomic E-state index is 12.4. The fourth-order valence-corrected chi connectivity index (χ4v) is 3.75. The van der Waals surface area contributed by atoms with Crippen LogP contribution in [0.3, 0.4) is 0 Å². The summed E-state index contributed by atoms with van der Waals surface area (Å²) in [5.41, 5.74) is 1.85. The van der Waals surface area contributed by atoms with Crippen LogP contribution in [0.25, 0.3) is 0 Å². The third kappa shape index (κ3) is 5.33. The van der Waals surface area contributed by atoms with Crippen molar-refractivity contribution in [2.24, 2.45) is 0 Å². The molecule has 0 saturated carbocycles. The van der Waals surface area contributed by atoms with E-state index in [0.29, 0.717) is 61.1 Å². The number of fused-ring (bicyclic) bond motifs is 1. The van der Waals surface area contributed by atoms with Crippen LogP contribution in [0.2, 0.25) is 0 Å². The maximum absolute atomic E-state index is 12.4. The Morgan fingerprint density at radius 1 is 0.903 bits per heavy atom.